The number of rotatable bonds is 13. The van der Waals surface area contributed by atoms with Crippen LogP contribution < -0.4 is 0 Å². The van der Waals surface area contributed by atoms with E-state index >= 15 is 0 Å². The van der Waals surface area contributed by atoms with Crippen molar-refractivity contribution in [3.8, 4) is 0 Å². The average molecular weight is 607 g/mol. The number of hydrogen-bond acceptors (Lipinski definition) is 8. The summed E-state index contributed by atoms with van der Waals surface area (Å²) in [5.74, 6) is 1.78. The smallest absolute Gasteiger partial charge is 0.469 e. The standard InChI is InChI=1S/C19H32O4Si.C13H23BO4/c1-19(2,3)24(5,6)23-16-13-15(17(20)14-16)11-9-7-8-10-12-18(21)22-4;1-11-10-13(2,3)18-14(17-11)9-7-5-6-8-12(15)16-4/h7,9,13,16H,8,10-12,14H2,1-6H3;7,9,11H,5-6,8,10H2,1-4H3/b2*9-7+. The van der Waals surface area contributed by atoms with Gasteiger partial charge in [-0.2, -0.15) is 0 Å². The third kappa shape index (κ3) is 14.9. The summed E-state index contributed by atoms with van der Waals surface area (Å²) in [5, 5.41) is 0.145. The molecule has 2 rings (SSSR count). The molecule has 0 saturated carbocycles. The number of esters is 2. The van der Waals surface area contributed by atoms with E-state index in [9.17, 15) is 14.4 Å². The topological polar surface area (TPSA) is 97.4 Å². The first-order valence-corrected chi connectivity index (χ1v) is 18.1. The lowest BCUT2D eigenvalue weighted by atomic mass is 9.82. The largest absolute Gasteiger partial charge is 0.486 e. The van der Waals surface area contributed by atoms with Gasteiger partial charge in [-0.15, -0.1) is 0 Å². The molecule has 2 unspecified atom stereocenters. The number of allylic oxidation sites excluding steroid dienone is 4. The van der Waals surface area contributed by atoms with E-state index in [1.807, 2.05) is 30.3 Å². The maximum Gasteiger partial charge on any atom is 0.486 e. The molecule has 1 fully saturated rings. The molecular weight excluding hydrogens is 551 g/mol. The van der Waals surface area contributed by atoms with E-state index in [0.29, 0.717) is 25.7 Å². The summed E-state index contributed by atoms with van der Waals surface area (Å²) in [6.45, 7) is 17.2. The minimum atomic E-state index is -1.85. The molecule has 238 valence electrons. The first-order chi connectivity index (χ1) is 19.5. The molecule has 0 bridgehead atoms. The molecule has 2 atom stereocenters. The van der Waals surface area contributed by atoms with Gasteiger partial charge in [0.15, 0.2) is 14.1 Å². The van der Waals surface area contributed by atoms with Crippen molar-refractivity contribution in [1.82, 2.24) is 0 Å². The molecule has 0 amide bonds. The van der Waals surface area contributed by atoms with E-state index in [2.05, 4.69) is 64.1 Å². The van der Waals surface area contributed by atoms with Gasteiger partial charge in [0, 0.05) is 25.4 Å². The summed E-state index contributed by atoms with van der Waals surface area (Å²) in [7, 11) is 0.682. The van der Waals surface area contributed by atoms with E-state index in [-0.39, 0.29) is 47.7 Å². The average Bonchev–Trinajstić information content (AvgIpc) is 3.21. The second-order valence-corrected chi connectivity index (χ2v) is 17.9. The fourth-order valence-corrected chi connectivity index (χ4v) is 5.68. The van der Waals surface area contributed by atoms with Crippen LogP contribution in [0.4, 0.5) is 0 Å². The summed E-state index contributed by atoms with van der Waals surface area (Å²) in [6.07, 6.45) is 14.3. The number of ketones is 1. The Morgan fingerprint density at radius 3 is 2.14 bits per heavy atom. The van der Waals surface area contributed by atoms with Gasteiger partial charge in [0.2, 0.25) is 0 Å². The minimum absolute atomic E-state index is 0.0684. The summed E-state index contributed by atoms with van der Waals surface area (Å²) in [6, 6.07) is 0. The van der Waals surface area contributed by atoms with E-state index in [0.717, 1.165) is 37.7 Å². The fraction of sp³-hybridized carbons (Fsp3) is 0.719. The van der Waals surface area contributed by atoms with Gasteiger partial charge in [-0.1, -0.05) is 45.0 Å². The molecule has 0 aromatic heterocycles. The normalized spacial score (nSPS) is 20.9. The molecule has 10 heteroatoms. The van der Waals surface area contributed by atoms with Crippen LogP contribution in [0.2, 0.25) is 18.1 Å². The zero-order valence-electron chi connectivity index (χ0n) is 27.7. The van der Waals surface area contributed by atoms with E-state index < -0.39 is 8.32 Å². The van der Waals surface area contributed by atoms with Crippen molar-refractivity contribution in [3.05, 3.63) is 35.9 Å². The molecule has 0 spiro atoms. The first-order valence-electron chi connectivity index (χ1n) is 15.2. The van der Waals surface area contributed by atoms with Crippen LogP contribution in [0.15, 0.2) is 35.9 Å². The molecule has 0 aromatic carbocycles. The van der Waals surface area contributed by atoms with Crippen LogP contribution in [0.5, 0.6) is 0 Å². The van der Waals surface area contributed by atoms with Crippen molar-refractivity contribution in [1.29, 1.82) is 0 Å². The molecule has 1 saturated heterocycles. The second kappa shape index (κ2) is 18.0. The monoisotopic (exact) mass is 606 g/mol. The summed E-state index contributed by atoms with van der Waals surface area (Å²) >= 11 is 0. The molecule has 0 radical (unpaired) electrons. The van der Waals surface area contributed by atoms with Gasteiger partial charge in [0.1, 0.15) is 0 Å². The number of Topliss-reactive ketones (excluding diaryl/α,β-unsaturated/α-hetero) is 1. The summed E-state index contributed by atoms with van der Waals surface area (Å²) < 4.78 is 27.0. The Bertz CT molecular complexity index is 964. The third-order valence-electron chi connectivity index (χ3n) is 7.72. The van der Waals surface area contributed by atoms with Crippen LogP contribution in [0.3, 0.4) is 0 Å². The summed E-state index contributed by atoms with van der Waals surface area (Å²) in [4.78, 5) is 34.1. The van der Waals surface area contributed by atoms with Crippen molar-refractivity contribution in [2.45, 2.75) is 135 Å². The molecule has 1 heterocycles. The highest BCUT2D eigenvalue weighted by molar-refractivity contribution is 6.74. The molecule has 2 aliphatic rings. The van der Waals surface area contributed by atoms with Crippen LogP contribution >= 0.6 is 0 Å². The lowest BCUT2D eigenvalue weighted by Gasteiger charge is -2.37. The number of methoxy groups -OCH3 is 2. The predicted octanol–water partition coefficient (Wildman–Crippen LogP) is 7.08. The predicted molar refractivity (Wildman–Crippen MR) is 170 cm³/mol. The molecule has 1 aliphatic heterocycles. The Kier molecular flexibility index (Phi) is 16.2. The highest BCUT2D eigenvalue weighted by Gasteiger charge is 2.40. The maximum atomic E-state index is 12.1. The van der Waals surface area contributed by atoms with Gasteiger partial charge < -0.3 is 23.2 Å². The Morgan fingerprint density at radius 2 is 1.62 bits per heavy atom. The quantitative estimate of drug-likeness (QED) is 0.0950. The molecule has 8 nitrogen and oxygen atoms in total. The highest BCUT2D eigenvalue weighted by atomic mass is 28.4. The molecule has 0 N–H and O–H groups in total. The number of carbonyl (C=O) groups excluding carboxylic acids is 3. The number of carbonyl (C=O) groups is 3. The number of hydrogen-bond donors (Lipinski definition) is 0. The lowest BCUT2D eigenvalue weighted by Crippen LogP contribution is -2.45. The third-order valence-corrected chi connectivity index (χ3v) is 12.2. The van der Waals surface area contributed by atoms with Gasteiger partial charge in [0.25, 0.3) is 0 Å². The maximum absolute atomic E-state index is 12.1. The Balaban J connectivity index is 0.000000437. The van der Waals surface area contributed by atoms with Crippen molar-refractivity contribution in [3.63, 3.8) is 0 Å². The highest BCUT2D eigenvalue weighted by Crippen LogP contribution is 2.39. The van der Waals surface area contributed by atoms with Gasteiger partial charge in [-0.05, 0) is 89.1 Å². The second-order valence-electron chi connectivity index (χ2n) is 13.2. The van der Waals surface area contributed by atoms with E-state index in [1.165, 1.54) is 14.2 Å². The van der Waals surface area contributed by atoms with Crippen LogP contribution in [0, 0.1) is 0 Å². The van der Waals surface area contributed by atoms with Crippen molar-refractivity contribution in [2.75, 3.05) is 14.2 Å². The Hall–Kier alpha value is -2.01. The first kappa shape index (κ1) is 38.0. The lowest BCUT2D eigenvalue weighted by molar-refractivity contribution is -0.141. The zero-order chi connectivity index (χ0) is 32.0. The molecule has 42 heavy (non-hydrogen) atoms. The SMILES string of the molecule is COC(=O)CCC/C=C/B1OC(C)CC(C)(C)O1.COC(=O)CCC/C=C/CC1=CC(O[Si](C)(C)C(C)(C)C)CC1=O. The van der Waals surface area contributed by atoms with Crippen molar-refractivity contribution >= 4 is 33.2 Å². The van der Waals surface area contributed by atoms with Crippen LogP contribution in [-0.4, -0.2) is 65.2 Å². The fourth-order valence-electron chi connectivity index (χ4n) is 4.42. The Labute approximate surface area is 255 Å². The molecule has 0 aromatic rings. The molecular formula is C32H55BO8Si. The molecule has 1 aliphatic carbocycles. The number of unbranched alkanes of at least 4 members (excludes halogenated alkanes) is 2. The van der Waals surface area contributed by atoms with E-state index in [4.69, 9.17) is 13.7 Å². The summed E-state index contributed by atoms with van der Waals surface area (Å²) in [5.41, 5.74) is 0.710. The van der Waals surface area contributed by atoms with Gasteiger partial charge >= 0.3 is 19.1 Å². The van der Waals surface area contributed by atoms with Gasteiger partial charge in [-0.3, -0.25) is 14.4 Å². The van der Waals surface area contributed by atoms with E-state index in [1.54, 1.807) is 0 Å². The van der Waals surface area contributed by atoms with Crippen LogP contribution in [0.25, 0.3) is 0 Å². The van der Waals surface area contributed by atoms with Crippen LogP contribution in [-0.2, 0) is 37.6 Å². The van der Waals surface area contributed by atoms with Crippen molar-refractivity contribution in [2.24, 2.45) is 0 Å². The van der Waals surface area contributed by atoms with Crippen LogP contribution in [0.1, 0.15) is 99.3 Å². The zero-order valence-corrected chi connectivity index (χ0v) is 28.7. The van der Waals surface area contributed by atoms with Gasteiger partial charge in [-0.25, -0.2) is 0 Å². The van der Waals surface area contributed by atoms with Crippen molar-refractivity contribution < 1.29 is 37.6 Å². The minimum Gasteiger partial charge on any atom is -0.469 e. The number of ether oxygens (including phenoxy) is 2. The van der Waals surface area contributed by atoms with Gasteiger partial charge in [0.05, 0.1) is 25.9 Å². The Morgan fingerprint density at radius 1 is 1.05 bits per heavy atom.